The van der Waals surface area contributed by atoms with Crippen LogP contribution in [0.15, 0.2) is 29.2 Å². The third-order valence-electron chi connectivity index (χ3n) is 2.83. The Morgan fingerprint density at radius 1 is 1.22 bits per heavy atom. The normalized spacial score (nSPS) is 11.3. The van der Waals surface area contributed by atoms with Gasteiger partial charge in [-0.05, 0) is 38.1 Å². The Labute approximate surface area is 138 Å². The van der Waals surface area contributed by atoms with Gasteiger partial charge >= 0.3 is 5.97 Å². The highest BCUT2D eigenvalue weighted by Crippen LogP contribution is 2.18. The number of aromatic nitrogens is 1. The van der Waals surface area contributed by atoms with Crippen molar-refractivity contribution in [3.63, 3.8) is 0 Å². The number of hydrogen-bond acceptors (Lipinski definition) is 7. The molecule has 0 fully saturated rings. The number of carbonyl (C=O) groups excluding carboxylic acids is 1. The number of benzene rings is 1. The molecule has 0 atom stereocenters. The third kappa shape index (κ3) is 4.75. The molecule has 0 spiro atoms. The minimum atomic E-state index is -3.72. The first kappa shape index (κ1) is 17.4. The minimum Gasteiger partial charge on any atom is -0.490 e. The third-order valence-corrected chi connectivity index (χ3v) is 4.81. The van der Waals surface area contributed by atoms with E-state index >= 15 is 0 Å². The first-order valence-corrected chi connectivity index (χ1v) is 9.00. The number of hydrogen-bond donors (Lipinski definition) is 1. The van der Waals surface area contributed by atoms with Crippen molar-refractivity contribution < 1.29 is 22.7 Å². The molecule has 1 aromatic heterocycles. The number of esters is 1. The molecular weight excluding hydrogens is 340 g/mol. The predicted molar refractivity (Wildman–Crippen MR) is 85.2 cm³/mol. The van der Waals surface area contributed by atoms with Crippen LogP contribution in [0.2, 0.25) is 0 Å². The van der Waals surface area contributed by atoms with Gasteiger partial charge < -0.3 is 9.47 Å². The van der Waals surface area contributed by atoms with E-state index in [9.17, 15) is 13.2 Å². The van der Waals surface area contributed by atoms with Gasteiger partial charge in [-0.1, -0.05) is 0 Å². The van der Waals surface area contributed by atoms with E-state index in [0.717, 1.165) is 5.01 Å². The van der Waals surface area contributed by atoms with Gasteiger partial charge in [0, 0.05) is 0 Å². The molecule has 0 aliphatic carbocycles. The van der Waals surface area contributed by atoms with Crippen LogP contribution in [-0.4, -0.2) is 32.6 Å². The van der Waals surface area contributed by atoms with Crippen molar-refractivity contribution in [1.29, 1.82) is 0 Å². The first-order valence-electron chi connectivity index (χ1n) is 6.64. The smallest absolute Gasteiger partial charge is 0.350 e. The molecule has 0 bridgehead atoms. The van der Waals surface area contributed by atoms with Crippen molar-refractivity contribution in [3.05, 3.63) is 39.8 Å². The molecule has 0 saturated heterocycles. The van der Waals surface area contributed by atoms with Gasteiger partial charge in [-0.15, -0.1) is 11.3 Å². The highest BCUT2D eigenvalue weighted by atomic mass is 32.2. The Kier molecular flexibility index (Phi) is 5.34. The summed E-state index contributed by atoms with van der Waals surface area (Å²) in [5.74, 6) is 0.0273. The summed E-state index contributed by atoms with van der Waals surface area (Å²) >= 11 is 1.29. The van der Waals surface area contributed by atoms with Crippen LogP contribution in [0, 0.1) is 13.8 Å². The average Bonchev–Trinajstić information content (AvgIpc) is 2.82. The molecule has 9 heteroatoms. The van der Waals surface area contributed by atoms with Crippen molar-refractivity contribution in [3.8, 4) is 5.75 Å². The van der Waals surface area contributed by atoms with E-state index in [1.54, 1.807) is 6.92 Å². The molecule has 2 aromatic rings. The van der Waals surface area contributed by atoms with Crippen LogP contribution in [-0.2, 0) is 14.8 Å². The lowest BCUT2D eigenvalue weighted by Crippen LogP contribution is -2.13. The first-order chi connectivity index (χ1) is 10.8. The summed E-state index contributed by atoms with van der Waals surface area (Å²) in [7, 11) is -3.72. The van der Waals surface area contributed by atoms with Crippen molar-refractivity contribution in [2.75, 3.05) is 13.2 Å². The minimum absolute atomic E-state index is 0.00678. The molecule has 2 N–H and O–H groups in total. The fraction of sp³-hybridized carbons (Fsp3) is 0.286. The summed E-state index contributed by atoms with van der Waals surface area (Å²) < 4.78 is 32.7. The highest BCUT2D eigenvalue weighted by molar-refractivity contribution is 7.89. The molecule has 0 aliphatic rings. The van der Waals surface area contributed by atoms with Crippen molar-refractivity contribution in [2.45, 2.75) is 18.7 Å². The Balaban J connectivity index is 1.81. The van der Waals surface area contributed by atoms with Gasteiger partial charge in [0.2, 0.25) is 10.0 Å². The number of primary sulfonamides is 1. The van der Waals surface area contributed by atoms with Crippen LogP contribution < -0.4 is 9.88 Å². The van der Waals surface area contributed by atoms with Gasteiger partial charge in [0.15, 0.2) is 0 Å². The van der Waals surface area contributed by atoms with Crippen LogP contribution >= 0.6 is 11.3 Å². The molecule has 0 unspecified atom stereocenters. The van der Waals surface area contributed by atoms with Crippen LogP contribution in [0.4, 0.5) is 0 Å². The van der Waals surface area contributed by atoms with Gasteiger partial charge in [-0.25, -0.2) is 23.3 Å². The van der Waals surface area contributed by atoms with Gasteiger partial charge in [0.05, 0.1) is 15.6 Å². The van der Waals surface area contributed by atoms with Crippen molar-refractivity contribution in [1.82, 2.24) is 4.98 Å². The molecule has 1 heterocycles. The number of ether oxygens (including phenoxy) is 2. The summed E-state index contributed by atoms with van der Waals surface area (Å²) in [6.07, 6.45) is 0. The Morgan fingerprint density at radius 2 is 1.87 bits per heavy atom. The van der Waals surface area contributed by atoms with Crippen molar-refractivity contribution >= 4 is 27.3 Å². The fourth-order valence-electron chi connectivity index (χ4n) is 1.81. The Bertz CT molecular complexity index is 797. The Hall–Kier alpha value is -1.97. The molecular formula is C14H16N2O5S2. The summed E-state index contributed by atoms with van der Waals surface area (Å²) in [4.78, 5) is 16.5. The maximum Gasteiger partial charge on any atom is 0.350 e. The van der Waals surface area contributed by atoms with Gasteiger partial charge in [0.25, 0.3) is 0 Å². The van der Waals surface area contributed by atoms with E-state index < -0.39 is 16.0 Å². The van der Waals surface area contributed by atoms with Crippen LogP contribution in [0.25, 0.3) is 0 Å². The second-order valence-corrected chi connectivity index (χ2v) is 7.41. The molecule has 2 rings (SSSR count). The molecule has 1 aromatic carbocycles. The van der Waals surface area contributed by atoms with E-state index in [0.29, 0.717) is 16.3 Å². The summed E-state index contributed by atoms with van der Waals surface area (Å²) in [5.41, 5.74) is 0.650. The molecule has 0 amide bonds. The number of nitrogens with two attached hydrogens (primary N) is 1. The van der Waals surface area contributed by atoms with E-state index in [1.165, 1.54) is 35.6 Å². The summed E-state index contributed by atoms with van der Waals surface area (Å²) in [5, 5.41) is 5.81. The lowest BCUT2D eigenvalue weighted by molar-refractivity contribution is 0.0455. The summed E-state index contributed by atoms with van der Waals surface area (Å²) in [6, 6.07) is 5.66. The highest BCUT2D eigenvalue weighted by Gasteiger charge is 2.15. The fourth-order valence-corrected chi connectivity index (χ4v) is 3.13. The van der Waals surface area contributed by atoms with E-state index in [-0.39, 0.29) is 18.1 Å². The van der Waals surface area contributed by atoms with Crippen LogP contribution in [0.3, 0.4) is 0 Å². The molecule has 0 aliphatic heterocycles. The van der Waals surface area contributed by atoms with E-state index in [2.05, 4.69) is 4.98 Å². The SMILES string of the molecule is Cc1nc(C)c(C(=O)OCCOc2ccc(S(N)(=O)=O)cc2)s1. The number of aryl methyl sites for hydroxylation is 2. The second-order valence-electron chi connectivity index (χ2n) is 4.65. The quantitative estimate of drug-likeness (QED) is 0.622. The maximum atomic E-state index is 11.9. The standard InChI is InChI=1S/C14H16N2O5S2/c1-9-13(22-10(2)16-9)14(17)21-8-7-20-11-3-5-12(6-4-11)23(15,18)19/h3-6H,7-8H2,1-2H3,(H2,15,18,19). The number of nitrogens with zero attached hydrogens (tertiary/aromatic N) is 1. The number of sulfonamides is 1. The Morgan fingerprint density at radius 3 is 2.39 bits per heavy atom. The zero-order valence-corrected chi connectivity index (χ0v) is 14.2. The van der Waals surface area contributed by atoms with Gasteiger partial charge in [-0.2, -0.15) is 0 Å². The molecule has 0 saturated carbocycles. The molecule has 7 nitrogen and oxygen atoms in total. The van der Waals surface area contributed by atoms with Gasteiger partial charge in [-0.3, -0.25) is 0 Å². The molecule has 0 radical (unpaired) electrons. The van der Waals surface area contributed by atoms with Crippen LogP contribution in [0.1, 0.15) is 20.4 Å². The summed E-state index contributed by atoms with van der Waals surface area (Å²) in [6.45, 7) is 3.80. The second kappa shape index (κ2) is 7.07. The topological polar surface area (TPSA) is 109 Å². The largest absolute Gasteiger partial charge is 0.490 e. The monoisotopic (exact) mass is 356 g/mol. The van der Waals surface area contributed by atoms with Crippen molar-refractivity contribution in [2.24, 2.45) is 5.14 Å². The number of carbonyl (C=O) groups is 1. The number of rotatable bonds is 6. The lowest BCUT2D eigenvalue weighted by atomic mass is 10.3. The average molecular weight is 356 g/mol. The van der Waals surface area contributed by atoms with E-state index in [1.807, 2.05) is 6.92 Å². The van der Waals surface area contributed by atoms with E-state index in [4.69, 9.17) is 14.6 Å². The maximum absolute atomic E-state index is 11.9. The van der Waals surface area contributed by atoms with Crippen LogP contribution in [0.5, 0.6) is 5.75 Å². The predicted octanol–water partition coefficient (Wildman–Crippen LogP) is 1.64. The lowest BCUT2D eigenvalue weighted by Gasteiger charge is -2.07. The zero-order valence-electron chi connectivity index (χ0n) is 12.6. The molecule has 23 heavy (non-hydrogen) atoms. The zero-order chi connectivity index (χ0) is 17.0. The number of thiazole rings is 1. The molecule has 124 valence electrons. The van der Waals surface area contributed by atoms with Gasteiger partial charge in [0.1, 0.15) is 23.8 Å².